The molecule has 1 aliphatic heterocycles. The van der Waals surface area contributed by atoms with Crippen LogP contribution in [0, 0.1) is 0 Å². The third-order valence-electron chi connectivity index (χ3n) is 3.44. The molecule has 2 rings (SSSR count). The summed E-state index contributed by atoms with van der Waals surface area (Å²) in [5.41, 5.74) is 1.21. The molecule has 1 saturated heterocycles. The summed E-state index contributed by atoms with van der Waals surface area (Å²) in [5, 5.41) is 0. The Hall–Kier alpha value is -1.17. The van der Waals surface area contributed by atoms with Crippen LogP contribution in [0.25, 0.3) is 6.08 Å². The third-order valence-corrected chi connectivity index (χ3v) is 4.20. The number of sulfonamides is 1. The van der Waals surface area contributed by atoms with Gasteiger partial charge < -0.3 is 0 Å². The fourth-order valence-electron chi connectivity index (χ4n) is 2.44. The Kier molecular flexibility index (Phi) is 5.34. The molecule has 1 fully saturated rings. The number of rotatable bonds is 5. The summed E-state index contributed by atoms with van der Waals surface area (Å²) in [7, 11) is -3.08. The SMILES string of the molecule is CS(=O)(=O)NC1CCN(C/C=C/c2ccccc2)CC1. The normalized spacial score (nSPS) is 18.6. The van der Waals surface area contributed by atoms with Gasteiger partial charge in [-0.15, -0.1) is 0 Å². The maximum Gasteiger partial charge on any atom is 0.208 e. The quantitative estimate of drug-likeness (QED) is 0.899. The Morgan fingerprint density at radius 1 is 1.25 bits per heavy atom. The molecule has 0 aliphatic carbocycles. The van der Waals surface area contributed by atoms with Crippen molar-refractivity contribution in [2.75, 3.05) is 25.9 Å². The average molecular weight is 294 g/mol. The van der Waals surface area contributed by atoms with Crippen LogP contribution in [0.15, 0.2) is 36.4 Å². The lowest BCUT2D eigenvalue weighted by molar-refractivity contribution is 0.227. The zero-order chi connectivity index (χ0) is 14.4. The molecule has 0 atom stereocenters. The van der Waals surface area contributed by atoms with E-state index in [1.165, 1.54) is 11.8 Å². The topological polar surface area (TPSA) is 49.4 Å². The third kappa shape index (κ3) is 5.45. The van der Waals surface area contributed by atoms with Crippen LogP contribution in [0.1, 0.15) is 18.4 Å². The molecule has 0 bridgehead atoms. The highest BCUT2D eigenvalue weighted by Crippen LogP contribution is 2.11. The summed E-state index contributed by atoms with van der Waals surface area (Å²) in [6.07, 6.45) is 7.28. The largest absolute Gasteiger partial charge is 0.300 e. The number of nitrogens with zero attached hydrogens (tertiary/aromatic N) is 1. The number of piperidine rings is 1. The summed E-state index contributed by atoms with van der Waals surface area (Å²) in [5.74, 6) is 0. The van der Waals surface area contributed by atoms with Gasteiger partial charge in [-0.1, -0.05) is 42.5 Å². The van der Waals surface area contributed by atoms with Crippen LogP contribution < -0.4 is 4.72 Å². The van der Waals surface area contributed by atoms with Gasteiger partial charge in [0.15, 0.2) is 0 Å². The van der Waals surface area contributed by atoms with Crippen LogP contribution in [0.2, 0.25) is 0 Å². The van der Waals surface area contributed by atoms with Gasteiger partial charge in [-0.3, -0.25) is 4.90 Å². The molecule has 0 saturated carbocycles. The first kappa shape index (κ1) is 15.2. The zero-order valence-corrected chi connectivity index (χ0v) is 12.6. The highest BCUT2D eigenvalue weighted by atomic mass is 32.2. The van der Waals surface area contributed by atoms with Crippen molar-refractivity contribution in [3.05, 3.63) is 42.0 Å². The molecule has 0 aromatic heterocycles. The van der Waals surface area contributed by atoms with Crippen LogP contribution in [0.4, 0.5) is 0 Å². The van der Waals surface area contributed by atoms with Crippen LogP contribution in [0.3, 0.4) is 0 Å². The monoisotopic (exact) mass is 294 g/mol. The van der Waals surface area contributed by atoms with Gasteiger partial charge in [-0.25, -0.2) is 13.1 Å². The Bertz CT molecular complexity index is 532. The lowest BCUT2D eigenvalue weighted by Crippen LogP contribution is -2.44. The van der Waals surface area contributed by atoms with Crippen molar-refractivity contribution >= 4 is 16.1 Å². The smallest absolute Gasteiger partial charge is 0.208 e. The van der Waals surface area contributed by atoms with Crippen molar-refractivity contribution in [2.24, 2.45) is 0 Å². The van der Waals surface area contributed by atoms with Crippen LogP contribution in [-0.2, 0) is 10.0 Å². The van der Waals surface area contributed by atoms with Crippen LogP contribution in [0.5, 0.6) is 0 Å². The Balaban J connectivity index is 1.73. The summed E-state index contributed by atoms with van der Waals surface area (Å²) in [4.78, 5) is 2.35. The van der Waals surface area contributed by atoms with Crippen LogP contribution in [-0.4, -0.2) is 45.2 Å². The Morgan fingerprint density at radius 2 is 1.90 bits per heavy atom. The molecule has 0 spiro atoms. The van der Waals surface area contributed by atoms with E-state index < -0.39 is 10.0 Å². The first-order chi connectivity index (χ1) is 9.53. The molecule has 4 nitrogen and oxygen atoms in total. The van der Waals surface area contributed by atoms with E-state index in [1.54, 1.807) is 0 Å². The van der Waals surface area contributed by atoms with E-state index in [-0.39, 0.29) is 6.04 Å². The lowest BCUT2D eigenvalue weighted by Gasteiger charge is -2.31. The van der Waals surface area contributed by atoms with Gasteiger partial charge in [0.25, 0.3) is 0 Å². The maximum atomic E-state index is 11.2. The zero-order valence-electron chi connectivity index (χ0n) is 11.8. The predicted molar refractivity (Wildman–Crippen MR) is 82.9 cm³/mol. The van der Waals surface area contributed by atoms with Crippen molar-refractivity contribution in [1.82, 2.24) is 9.62 Å². The van der Waals surface area contributed by atoms with E-state index in [9.17, 15) is 8.42 Å². The maximum absolute atomic E-state index is 11.2. The number of nitrogens with one attached hydrogen (secondary N) is 1. The minimum Gasteiger partial charge on any atom is -0.300 e. The second kappa shape index (κ2) is 7.02. The van der Waals surface area contributed by atoms with Gasteiger partial charge in [0, 0.05) is 12.6 Å². The summed E-state index contributed by atoms with van der Waals surface area (Å²) in [6, 6.07) is 10.3. The number of hydrogen-bond donors (Lipinski definition) is 1. The molecule has 110 valence electrons. The minimum absolute atomic E-state index is 0.0966. The molecule has 1 aliphatic rings. The molecule has 5 heteroatoms. The van der Waals surface area contributed by atoms with E-state index in [0.29, 0.717) is 0 Å². The standard InChI is InChI=1S/C15H22N2O2S/c1-20(18,19)16-15-9-12-17(13-10-15)11-5-8-14-6-3-2-4-7-14/h2-8,15-16H,9-13H2,1H3/b8-5+. The predicted octanol–water partition coefficient (Wildman–Crippen LogP) is 1.71. The van der Waals surface area contributed by atoms with E-state index in [0.717, 1.165) is 32.5 Å². The molecule has 0 unspecified atom stereocenters. The molecular weight excluding hydrogens is 272 g/mol. The average Bonchev–Trinajstić information content (AvgIpc) is 2.40. The van der Waals surface area contributed by atoms with Crippen molar-refractivity contribution < 1.29 is 8.42 Å². The van der Waals surface area contributed by atoms with Crippen LogP contribution >= 0.6 is 0 Å². The lowest BCUT2D eigenvalue weighted by atomic mass is 10.1. The molecular formula is C15H22N2O2S. The van der Waals surface area contributed by atoms with Gasteiger partial charge in [0.05, 0.1) is 6.26 Å². The van der Waals surface area contributed by atoms with Crippen molar-refractivity contribution in [3.8, 4) is 0 Å². The van der Waals surface area contributed by atoms with E-state index >= 15 is 0 Å². The Labute approximate surface area is 121 Å². The van der Waals surface area contributed by atoms with Gasteiger partial charge in [0.2, 0.25) is 10.0 Å². The first-order valence-electron chi connectivity index (χ1n) is 6.94. The summed E-state index contributed by atoms with van der Waals surface area (Å²) >= 11 is 0. The highest BCUT2D eigenvalue weighted by Gasteiger charge is 2.20. The summed E-state index contributed by atoms with van der Waals surface area (Å²) < 4.78 is 25.0. The molecule has 0 amide bonds. The van der Waals surface area contributed by atoms with Crippen molar-refractivity contribution in [2.45, 2.75) is 18.9 Å². The molecule has 1 heterocycles. The second-order valence-electron chi connectivity index (χ2n) is 5.28. The van der Waals surface area contributed by atoms with E-state index in [1.807, 2.05) is 18.2 Å². The number of benzene rings is 1. The fourth-order valence-corrected chi connectivity index (χ4v) is 3.28. The Morgan fingerprint density at radius 3 is 2.50 bits per heavy atom. The van der Waals surface area contributed by atoms with E-state index in [2.05, 4.69) is 33.9 Å². The molecule has 1 aromatic carbocycles. The number of likely N-dealkylation sites (tertiary alicyclic amines) is 1. The molecule has 1 N–H and O–H groups in total. The molecule has 1 aromatic rings. The summed E-state index contributed by atoms with van der Waals surface area (Å²) in [6.45, 7) is 2.79. The van der Waals surface area contributed by atoms with Gasteiger partial charge in [-0.05, 0) is 31.5 Å². The molecule has 20 heavy (non-hydrogen) atoms. The van der Waals surface area contributed by atoms with Gasteiger partial charge in [-0.2, -0.15) is 0 Å². The van der Waals surface area contributed by atoms with Gasteiger partial charge >= 0.3 is 0 Å². The first-order valence-corrected chi connectivity index (χ1v) is 8.83. The highest BCUT2D eigenvalue weighted by molar-refractivity contribution is 7.88. The van der Waals surface area contributed by atoms with Gasteiger partial charge in [0.1, 0.15) is 0 Å². The van der Waals surface area contributed by atoms with Crippen molar-refractivity contribution in [1.29, 1.82) is 0 Å². The minimum atomic E-state index is -3.08. The van der Waals surface area contributed by atoms with Crippen molar-refractivity contribution in [3.63, 3.8) is 0 Å². The van der Waals surface area contributed by atoms with E-state index in [4.69, 9.17) is 0 Å². The molecule has 0 radical (unpaired) electrons. The fraction of sp³-hybridized carbons (Fsp3) is 0.467. The number of hydrogen-bond acceptors (Lipinski definition) is 3. The second-order valence-corrected chi connectivity index (χ2v) is 7.06.